The third-order valence-electron chi connectivity index (χ3n) is 6.48. The third kappa shape index (κ3) is 4.49. The first kappa shape index (κ1) is 25.9. The van der Waals surface area contributed by atoms with Crippen LogP contribution in [0.5, 0.6) is 0 Å². The van der Waals surface area contributed by atoms with Gasteiger partial charge in [0, 0.05) is 0 Å². The Kier molecular flexibility index (Phi) is 8.66. The smallest absolute Gasteiger partial charge is 1.00 e. The van der Waals surface area contributed by atoms with E-state index in [9.17, 15) is 0 Å². The molecular formula is C28H29Cl2PZr. The van der Waals surface area contributed by atoms with Crippen molar-refractivity contribution in [3.63, 3.8) is 0 Å². The van der Waals surface area contributed by atoms with Crippen molar-refractivity contribution in [2.24, 2.45) is 0 Å². The Balaban J connectivity index is 0.00000144. The summed E-state index contributed by atoms with van der Waals surface area (Å²) in [7, 11) is -0.117. The molecule has 1 atom stereocenters. The molecule has 5 rings (SSSR count). The molecule has 0 saturated heterocycles. The quantitative estimate of drug-likeness (QED) is 0.422. The number of benzene rings is 3. The van der Waals surface area contributed by atoms with Gasteiger partial charge in [-0.25, -0.2) is 0 Å². The monoisotopic (exact) mass is 556 g/mol. The van der Waals surface area contributed by atoms with Crippen LogP contribution < -0.4 is 24.8 Å². The van der Waals surface area contributed by atoms with Gasteiger partial charge in [-0.15, -0.1) is 0 Å². The maximum absolute atomic E-state index is 2.60. The fraction of sp³-hybridized carbons (Fsp3) is 0.286. The molecule has 0 aromatic heterocycles. The second-order valence-corrected chi connectivity index (χ2v) is 16.1. The number of hydrogen-bond acceptors (Lipinski definition) is 0. The van der Waals surface area contributed by atoms with Gasteiger partial charge in [-0.05, 0) is 0 Å². The molecule has 3 aromatic carbocycles. The van der Waals surface area contributed by atoms with Crippen molar-refractivity contribution in [2.75, 3.05) is 0 Å². The van der Waals surface area contributed by atoms with Gasteiger partial charge in [0.15, 0.2) is 0 Å². The summed E-state index contributed by atoms with van der Waals surface area (Å²) >= 11 is -0.836. The van der Waals surface area contributed by atoms with E-state index in [0.717, 1.165) is 11.3 Å². The van der Waals surface area contributed by atoms with Crippen LogP contribution in [0.1, 0.15) is 57.2 Å². The fourth-order valence-corrected chi connectivity index (χ4v) is 14.7. The molecule has 0 saturated carbocycles. The van der Waals surface area contributed by atoms with E-state index in [1.54, 1.807) is 22.0 Å². The average Bonchev–Trinajstić information content (AvgIpc) is 3.25. The third-order valence-corrected chi connectivity index (χ3v) is 15.0. The molecule has 0 bridgehead atoms. The van der Waals surface area contributed by atoms with Crippen LogP contribution in [0.2, 0.25) is 0 Å². The SMILES string of the molecule is CC(C)P(C1=Cc2ccccc2[CH]1[Zr+2][CH]1c2ccccc2-c2ccccc21)C(C)C.[Cl-].[Cl-]. The summed E-state index contributed by atoms with van der Waals surface area (Å²) < 4.78 is 1.35. The van der Waals surface area contributed by atoms with Gasteiger partial charge in [-0.2, -0.15) is 0 Å². The Bertz CT molecular complexity index is 1070. The van der Waals surface area contributed by atoms with Crippen molar-refractivity contribution in [1.82, 2.24) is 0 Å². The zero-order valence-corrected chi connectivity index (χ0v) is 23.9. The number of halogens is 2. The van der Waals surface area contributed by atoms with E-state index in [1.165, 1.54) is 16.7 Å². The second kappa shape index (κ2) is 10.7. The molecule has 2 aliphatic carbocycles. The Morgan fingerprint density at radius 1 is 0.625 bits per heavy atom. The number of fused-ring (bicyclic) bond motifs is 4. The van der Waals surface area contributed by atoms with Crippen molar-refractivity contribution < 1.29 is 48.0 Å². The van der Waals surface area contributed by atoms with Crippen LogP contribution >= 0.6 is 7.92 Å². The van der Waals surface area contributed by atoms with Gasteiger partial charge >= 0.3 is 195 Å². The van der Waals surface area contributed by atoms with Crippen LogP contribution in [0.15, 0.2) is 78.1 Å². The summed E-state index contributed by atoms with van der Waals surface area (Å²) in [5.41, 5.74) is 10.7. The molecule has 32 heavy (non-hydrogen) atoms. The zero-order chi connectivity index (χ0) is 20.8. The summed E-state index contributed by atoms with van der Waals surface area (Å²) in [5.74, 6) is 0. The molecule has 3 aromatic rings. The Hall–Kier alpha value is -0.707. The van der Waals surface area contributed by atoms with Gasteiger partial charge in [0.2, 0.25) is 0 Å². The van der Waals surface area contributed by atoms with Gasteiger partial charge in [-0.1, -0.05) is 0 Å². The van der Waals surface area contributed by atoms with E-state index in [0.29, 0.717) is 7.25 Å². The van der Waals surface area contributed by atoms with Crippen LogP contribution in [0.4, 0.5) is 0 Å². The summed E-state index contributed by atoms with van der Waals surface area (Å²) in [6.45, 7) is 9.77. The summed E-state index contributed by atoms with van der Waals surface area (Å²) in [5, 5.41) is 1.80. The Labute approximate surface area is 218 Å². The first-order valence-electron chi connectivity index (χ1n) is 11.1. The molecule has 1 unspecified atom stereocenters. The molecule has 0 fully saturated rings. The van der Waals surface area contributed by atoms with E-state index in [1.807, 2.05) is 0 Å². The number of allylic oxidation sites excluding steroid dienone is 1. The summed E-state index contributed by atoms with van der Waals surface area (Å²) in [6, 6.07) is 27.6. The van der Waals surface area contributed by atoms with Gasteiger partial charge in [-0.3, -0.25) is 0 Å². The molecule has 0 N–H and O–H groups in total. The van der Waals surface area contributed by atoms with Gasteiger partial charge in [0.1, 0.15) is 0 Å². The van der Waals surface area contributed by atoms with Crippen molar-refractivity contribution in [3.8, 4) is 11.1 Å². The van der Waals surface area contributed by atoms with E-state index < -0.39 is 23.2 Å². The predicted octanol–water partition coefficient (Wildman–Crippen LogP) is 2.24. The van der Waals surface area contributed by atoms with E-state index in [4.69, 9.17) is 0 Å². The Morgan fingerprint density at radius 2 is 1.09 bits per heavy atom. The van der Waals surface area contributed by atoms with E-state index >= 15 is 0 Å². The van der Waals surface area contributed by atoms with E-state index in [-0.39, 0.29) is 32.7 Å². The van der Waals surface area contributed by atoms with Crippen LogP contribution in [0.3, 0.4) is 0 Å². The first-order chi connectivity index (χ1) is 14.6. The molecule has 164 valence electrons. The predicted molar refractivity (Wildman–Crippen MR) is 128 cm³/mol. The number of rotatable bonds is 5. The van der Waals surface area contributed by atoms with Crippen LogP contribution in [-0.4, -0.2) is 11.3 Å². The minimum absolute atomic E-state index is 0. The van der Waals surface area contributed by atoms with Crippen molar-refractivity contribution >= 4 is 14.0 Å². The molecule has 0 spiro atoms. The molecule has 0 aliphatic heterocycles. The molecule has 2 aliphatic rings. The standard InChI is InChI=1S/C15H20P.C13H9.2ClH.Zr/c1-11(2)16(12(3)4)15-9-13-7-5-6-8-14(13)10-15;1-3-7-12-10(5-1)9-11-6-2-4-8-13(11)12;;;/h5-12H,1-4H3;1-9H;2*1H;/q;;;;+2/p-2. The van der Waals surface area contributed by atoms with Crippen LogP contribution in [0.25, 0.3) is 17.2 Å². The molecule has 4 heteroatoms. The molecule has 0 heterocycles. The first-order valence-corrected chi connectivity index (χ1v) is 15.4. The minimum Gasteiger partial charge on any atom is -1.00 e. The molecule has 0 amide bonds. The Morgan fingerprint density at radius 3 is 1.62 bits per heavy atom. The summed E-state index contributed by atoms with van der Waals surface area (Å²) in [4.78, 5) is 0. The topological polar surface area (TPSA) is 0 Å². The van der Waals surface area contributed by atoms with Gasteiger partial charge < -0.3 is 24.8 Å². The van der Waals surface area contributed by atoms with Gasteiger partial charge in [0.25, 0.3) is 0 Å². The zero-order valence-electron chi connectivity index (χ0n) is 19.0. The normalized spacial score (nSPS) is 16.1. The molecular weight excluding hydrogens is 529 g/mol. The van der Waals surface area contributed by atoms with Crippen molar-refractivity contribution in [1.29, 1.82) is 0 Å². The van der Waals surface area contributed by atoms with E-state index in [2.05, 4.69) is 107 Å². The van der Waals surface area contributed by atoms with Gasteiger partial charge in [0.05, 0.1) is 0 Å². The summed E-state index contributed by atoms with van der Waals surface area (Å²) in [6.07, 6.45) is 2.60. The fourth-order valence-electron chi connectivity index (χ4n) is 5.40. The average molecular weight is 559 g/mol. The van der Waals surface area contributed by atoms with Crippen molar-refractivity contribution in [2.45, 2.75) is 46.3 Å². The number of hydrogen-bond donors (Lipinski definition) is 0. The van der Waals surface area contributed by atoms with Crippen molar-refractivity contribution in [3.05, 3.63) is 100 Å². The molecule has 0 radical (unpaired) electrons. The minimum atomic E-state index is -0.836. The van der Waals surface area contributed by atoms with Crippen LogP contribution in [0, 0.1) is 0 Å². The maximum atomic E-state index is 2.60. The second-order valence-electron chi connectivity index (χ2n) is 9.00. The maximum Gasteiger partial charge on any atom is -1.00 e. The van der Waals surface area contributed by atoms with Crippen LogP contribution in [-0.2, 0) is 23.2 Å². The largest absolute Gasteiger partial charge is 1.00 e. The molecule has 0 nitrogen and oxygen atoms in total.